The summed E-state index contributed by atoms with van der Waals surface area (Å²) in [5.41, 5.74) is 1.51. The van der Waals surface area contributed by atoms with Crippen molar-refractivity contribution in [2.24, 2.45) is 11.8 Å². The predicted molar refractivity (Wildman–Crippen MR) is 106 cm³/mol. The smallest absolute Gasteiger partial charge is 0.348 e. The van der Waals surface area contributed by atoms with E-state index in [4.69, 9.17) is 0 Å². The van der Waals surface area contributed by atoms with Crippen LogP contribution >= 0.6 is 11.3 Å². The highest BCUT2D eigenvalue weighted by Crippen LogP contribution is 2.38. The summed E-state index contributed by atoms with van der Waals surface area (Å²) >= 11 is 1.24. The van der Waals surface area contributed by atoms with E-state index in [0.717, 1.165) is 36.1 Å². The summed E-state index contributed by atoms with van der Waals surface area (Å²) in [6.07, 6.45) is 3.93. The van der Waals surface area contributed by atoms with Gasteiger partial charge in [0.25, 0.3) is 0 Å². The zero-order valence-corrected chi connectivity index (χ0v) is 16.1. The van der Waals surface area contributed by atoms with Crippen molar-refractivity contribution in [1.82, 2.24) is 0 Å². The average Bonchev–Trinajstić information content (AvgIpc) is 3.09. The molecule has 1 fully saturated rings. The van der Waals surface area contributed by atoms with E-state index in [0.29, 0.717) is 18.2 Å². The zero-order chi connectivity index (χ0) is 18.7. The van der Waals surface area contributed by atoms with E-state index >= 15 is 0 Å². The number of carboxylic acids is 1. The summed E-state index contributed by atoms with van der Waals surface area (Å²) in [6, 6.07) is 11.6. The first-order valence-electron chi connectivity index (χ1n) is 9.25. The van der Waals surface area contributed by atoms with Crippen LogP contribution in [-0.2, 0) is 4.79 Å². The Morgan fingerprint density at radius 3 is 2.38 bits per heavy atom. The van der Waals surface area contributed by atoms with Crippen molar-refractivity contribution in [1.29, 1.82) is 0 Å². The Morgan fingerprint density at radius 2 is 1.81 bits per heavy atom. The van der Waals surface area contributed by atoms with Crippen molar-refractivity contribution in [3.63, 3.8) is 0 Å². The fourth-order valence-corrected chi connectivity index (χ4v) is 4.66. The second-order valence-corrected chi connectivity index (χ2v) is 8.09. The van der Waals surface area contributed by atoms with E-state index in [1.165, 1.54) is 11.3 Å². The third-order valence-corrected chi connectivity index (χ3v) is 6.36. The second-order valence-electron chi connectivity index (χ2n) is 7.04. The van der Waals surface area contributed by atoms with E-state index in [1.54, 1.807) is 4.90 Å². The number of aromatic carboxylic acids is 1. The Hall–Kier alpha value is -2.14. The fourth-order valence-electron chi connectivity index (χ4n) is 3.65. The fraction of sp³-hybridized carbons (Fsp3) is 0.429. The molecule has 138 valence electrons. The van der Waals surface area contributed by atoms with E-state index in [1.807, 2.05) is 43.3 Å². The maximum atomic E-state index is 13.1. The molecule has 5 heteroatoms. The molecule has 0 atom stereocenters. The van der Waals surface area contributed by atoms with Crippen LogP contribution in [0.25, 0.3) is 10.4 Å². The van der Waals surface area contributed by atoms with Crippen molar-refractivity contribution < 1.29 is 14.7 Å². The number of thiophene rings is 1. The molecule has 0 spiro atoms. The van der Waals surface area contributed by atoms with Crippen LogP contribution in [0.4, 0.5) is 5.69 Å². The van der Waals surface area contributed by atoms with Gasteiger partial charge in [0, 0.05) is 17.3 Å². The third-order valence-electron chi connectivity index (χ3n) is 5.20. The topological polar surface area (TPSA) is 57.6 Å². The molecular formula is C21H25NO3S. The minimum atomic E-state index is -0.976. The van der Waals surface area contributed by atoms with Gasteiger partial charge in [0.1, 0.15) is 4.88 Å². The van der Waals surface area contributed by atoms with Gasteiger partial charge in [-0.1, -0.05) is 37.3 Å². The number of carboxylic acid groups (broad SMARTS) is 1. The van der Waals surface area contributed by atoms with Gasteiger partial charge >= 0.3 is 5.97 Å². The Morgan fingerprint density at radius 1 is 1.15 bits per heavy atom. The monoisotopic (exact) mass is 371 g/mol. The van der Waals surface area contributed by atoms with Crippen molar-refractivity contribution in [3.8, 4) is 10.4 Å². The van der Waals surface area contributed by atoms with Crippen LogP contribution in [0.5, 0.6) is 0 Å². The van der Waals surface area contributed by atoms with E-state index < -0.39 is 5.97 Å². The number of carbonyl (C=O) groups excluding carboxylic acids is 1. The van der Waals surface area contributed by atoms with Crippen molar-refractivity contribution in [2.75, 3.05) is 11.4 Å². The van der Waals surface area contributed by atoms with Gasteiger partial charge in [-0.05, 0) is 50.2 Å². The molecule has 1 heterocycles. The first kappa shape index (κ1) is 18.6. The zero-order valence-electron chi connectivity index (χ0n) is 15.3. The van der Waals surface area contributed by atoms with Crippen LogP contribution in [0.2, 0.25) is 0 Å². The molecule has 26 heavy (non-hydrogen) atoms. The quantitative estimate of drug-likeness (QED) is 0.776. The lowest BCUT2D eigenvalue weighted by atomic mass is 9.82. The van der Waals surface area contributed by atoms with Gasteiger partial charge < -0.3 is 10.0 Å². The summed E-state index contributed by atoms with van der Waals surface area (Å²) < 4.78 is 0. The lowest BCUT2D eigenvalue weighted by molar-refractivity contribution is -0.123. The molecule has 1 saturated carbocycles. The molecule has 1 aliphatic rings. The molecular weight excluding hydrogens is 346 g/mol. The second kappa shape index (κ2) is 8.04. The molecule has 0 radical (unpaired) electrons. The highest BCUT2D eigenvalue weighted by molar-refractivity contribution is 7.18. The van der Waals surface area contributed by atoms with Gasteiger partial charge in [0.2, 0.25) is 5.91 Å². The molecule has 0 saturated heterocycles. The molecule has 2 aromatic rings. The molecule has 1 aromatic heterocycles. The van der Waals surface area contributed by atoms with Crippen molar-refractivity contribution in [3.05, 3.63) is 41.3 Å². The molecule has 3 rings (SSSR count). The first-order valence-corrected chi connectivity index (χ1v) is 10.1. The Bertz CT molecular complexity index is 776. The van der Waals surface area contributed by atoms with E-state index in [2.05, 4.69) is 6.92 Å². The minimum Gasteiger partial charge on any atom is -0.477 e. The normalized spacial score (nSPS) is 19.9. The van der Waals surface area contributed by atoms with Crippen molar-refractivity contribution in [2.45, 2.75) is 39.5 Å². The standard InChI is InChI=1S/C21H25NO3S/c1-3-22(20(23)16-11-9-14(2)10-12-16)17-13-18(26-19(17)21(24)25)15-7-5-4-6-8-15/h4-8,13-14,16H,3,9-12H2,1-2H3,(H,24,25). The molecule has 1 aliphatic carbocycles. The van der Waals surface area contributed by atoms with Gasteiger partial charge in [-0.2, -0.15) is 0 Å². The molecule has 1 N–H and O–H groups in total. The van der Waals surface area contributed by atoms with Gasteiger partial charge in [0.15, 0.2) is 0 Å². The molecule has 4 nitrogen and oxygen atoms in total. The lowest BCUT2D eigenvalue weighted by Gasteiger charge is -2.30. The van der Waals surface area contributed by atoms with Crippen LogP contribution in [0.3, 0.4) is 0 Å². The van der Waals surface area contributed by atoms with Crippen LogP contribution in [0.15, 0.2) is 36.4 Å². The van der Waals surface area contributed by atoms with Crippen LogP contribution < -0.4 is 4.90 Å². The number of carbonyl (C=O) groups is 2. The maximum Gasteiger partial charge on any atom is 0.348 e. The van der Waals surface area contributed by atoms with Gasteiger partial charge in [-0.3, -0.25) is 4.79 Å². The molecule has 0 unspecified atom stereocenters. The Kier molecular flexibility index (Phi) is 5.77. The summed E-state index contributed by atoms with van der Waals surface area (Å²) in [7, 11) is 0. The largest absolute Gasteiger partial charge is 0.477 e. The summed E-state index contributed by atoms with van der Waals surface area (Å²) in [4.78, 5) is 27.7. The number of hydrogen-bond acceptors (Lipinski definition) is 3. The molecule has 1 amide bonds. The van der Waals surface area contributed by atoms with E-state index in [-0.39, 0.29) is 16.7 Å². The van der Waals surface area contributed by atoms with Crippen LogP contribution in [0.1, 0.15) is 49.2 Å². The van der Waals surface area contributed by atoms with Crippen LogP contribution in [-0.4, -0.2) is 23.5 Å². The number of benzene rings is 1. The number of amides is 1. The highest BCUT2D eigenvalue weighted by Gasteiger charge is 2.31. The minimum absolute atomic E-state index is 0.00729. The number of nitrogens with zero attached hydrogens (tertiary/aromatic N) is 1. The summed E-state index contributed by atoms with van der Waals surface area (Å²) in [5, 5.41) is 9.67. The Labute approximate surface area is 158 Å². The highest BCUT2D eigenvalue weighted by atomic mass is 32.1. The summed E-state index contributed by atoms with van der Waals surface area (Å²) in [6.45, 7) is 4.62. The van der Waals surface area contributed by atoms with Gasteiger partial charge in [0.05, 0.1) is 5.69 Å². The third kappa shape index (κ3) is 3.83. The van der Waals surface area contributed by atoms with E-state index in [9.17, 15) is 14.7 Å². The van der Waals surface area contributed by atoms with Crippen LogP contribution in [0, 0.1) is 11.8 Å². The number of hydrogen-bond donors (Lipinski definition) is 1. The number of rotatable bonds is 5. The molecule has 0 aliphatic heterocycles. The lowest BCUT2D eigenvalue weighted by Crippen LogP contribution is -2.38. The maximum absolute atomic E-state index is 13.1. The number of anilines is 1. The predicted octanol–water partition coefficient (Wildman–Crippen LogP) is 5.29. The molecule has 1 aromatic carbocycles. The summed E-state index contributed by atoms with van der Waals surface area (Å²) in [5.74, 6) is -0.225. The SMILES string of the molecule is CCN(C(=O)C1CCC(C)CC1)c1cc(-c2ccccc2)sc1C(=O)O. The van der Waals surface area contributed by atoms with Gasteiger partial charge in [-0.25, -0.2) is 4.79 Å². The van der Waals surface area contributed by atoms with Crippen molar-refractivity contribution >= 4 is 28.9 Å². The average molecular weight is 372 g/mol. The molecule has 0 bridgehead atoms. The van der Waals surface area contributed by atoms with Gasteiger partial charge in [-0.15, -0.1) is 11.3 Å². The first-order chi connectivity index (χ1) is 12.5. The Balaban J connectivity index is 1.93.